The lowest BCUT2D eigenvalue weighted by atomic mass is 9.81. The van der Waals surface area contributed by atoms with Crippen LogP contribution in [-0.2, 0) is 28.7 Å². The number of hydrogen-bond acceptors (Lipinski definition) is 12. The summed E-state index contributed by atoms with van der Waals surface area (Å²) < 4.78 is 9.86. The third-order valence-corrected chi connectivity index (χ3v) is 5.68. The molecule has 4 atom stereocenters. The van der Waals surface area contributed by atoms with E-state index in [9.17, 15) is 49.0 Å². The summed E-state index contributed by atoms with van der Waals surface area (Å²) >= 11 is 0. The number of benzene rings is 2. The molecule has 2 fully saturated rings. The summed E-state index contributed by atoms with van der Waals surface area (Å²) in [5, 5.41) is 22.1. The summed E-state index contributed by atoms with van der Waals surface area (Å²) in [5.74, 6) is -11.9. The highest BCUT2D eigenvalue weighted by Gasteiger charge is 2.60. The number of nitro groups is 2. The summed E-state index contributed by atoms with van der Waals surface area (Å²) in [6.45, 7) is 0. The molecule has 0 bridgehead atoms. The molecule has 0 unspecified atom stereocenters. The predicted octanol–water partition coefficient (Wildman–Crippen LogP) is 0.790. The molecule has 2 aromatic carbocycles. The first kappa shape index (κ1) is 24.0. The number of ether oxygens (including phenoxy) is 2. The summed E-state index contributed by atoms with van der Waals surface area (Å²) in [7, 11) is 0. The molecule has 2 saturated heterocycles. The van der Waals surface area contributed by atoms with Gasteiger partial charge >= 0.3 is 11.9 Å². The highest BCUT2D eigenvalue weighted by atomic mass is 16.6. The Bertz CT molecular complexity index is 1290. The molecule has 2 aliphatic rings. The van der Waals surface area contributed by atoms with E-state index >= 15 is 0 Å². The molecule has 36 heavy (non-hydrogen) atoms. The predicted molar refractivity (Wildman–Crippen MR) is 112 cm³/mol. The van der Waals surface area contributed by atoms with Crippen molar-refractivity contribution in [3.63, 3.8) is 0 Å². The van der Waals surface area contributed by atoms with Gasteiger partial charge < -0.3 is 9.47 Å². The lowest BCUT2D eigenvalue weighted by Gasteiger charge is -2.23. The van der Waals surface area contributed by atoms with E-state index in [1.807, 2.05) is 0 Å². The molecular weight excluding hydrogens is 484 g/mol. The maximum atomic E-state index is 13.1. The van der Waals surface area contributed by atoms with Crippen molar-refractivity contribution in [2.45, 2.75) is 12.2 Å². The molecule has 0 aliphatic carbocycles. The number of ketones is 4. The third-order valence-electron chi connectivity index (χ3n) is 5.68. The lowest BCUT2D eigenvalue weighted by Crippen LogP contribution is -2.44. The number of carbonyl (C=O) groups is 6. The molecule has 0 aromatic heterocycles. The average molecular weight is 496 g/mol. The van der Waals surface area contributed by atoms with Gasteiger partial charge in [-0.25, -0.2) is 9.59 Å². The summed E-state index contributed by atoms with van der Waals surface area (Å²) in [6, 6.07) is 8.47. The number of hydrogen-bond donors (Lipinski definition) is 0. The van der Waals surface area contributed by atoms with Crippen molar-refractivity contribution in [3.05, 3.63) is 79.9 Å². The molecule has 182 valence electrons. The van der Waals surface area contributed by atoms with Gasteiger partial charge in [0.15, 0.2) is 23.8 Å². The zero-order valence-corrected chi connectivity index (χ0v) is 17.7. The second-order valence-corrected chi connectivity index (χ2v) is 7.77. The van der Waals surface area contributed by atoms with Crippen molar-refractivity contribution < 1.29 is 48.1 Å². The molecule has 2 aromatic rings. The number of Topliss-reactive ketones (excluding diaryl/α,β-unsaturated/α-hetero) is 4. The fourth-order valence-electron chi connectivity index (χ4n) is 4.01. The standard InChI is InChI=1S/C22H12N2O12/c25-15(9-3-1-5-11(7-9)23(31)32)13-17(27)21(29)35-19(13)20-14(18(28)22(30)36-20)16(26)10-4-2-6-12(8-10)24(33)34/h1-8,13-14,19-20H/t13-,14-,19-,20+/m1/s1. The Balaban J connectivity index is 1.73. The molecular formula is C22H12N2O12. The van der Waals surface area contributed by atoms with E-state index in [2.05, 4.69) is 0 Å². The first-order chi connectivity index (χ1) is 17.0. The Morgan fingerprint density at radius 3 is 1.36 bits per heavy atom. The molecule has 14 heteroatoms. The van der Waals surface area contributed by atoms with Gasteiger partial charge in [0.1, 0.15) is 11.8 Å². The first-order valence-corrected chi connectivity index (χ1v) is 10.1. The molecule has 4 rings (SSSR count). The topological polar surface area (TPSA) is 207 Å². The Kier molecular flexibility index (Phi) is 5.93. The van der Waals surface area contributed by atoms with Gasteiger partial charge in [0.25, 0.3) is 22.9 Å². The van der Waals surface area contributed by atoms with Crippen molar-refractivity contribution in [1.29, 1.82) is 0 Å². The molecule has 0 N–H and O–H groups in total. The molecule has 2 aliphatic heterocycles. The number of esters is 2. The van der Waals surface area contributed by atoms with Crippen LogP contribution in [0, 0.1) is 32.1 Å². The van der Waals surface area contributed by atoms with E-state index in [1.165, 1.54) is 0 Å². The van der Waals surface area contributed by atoms with Crippen LogP contribution in [0.3, 0.4) is 0 Å². The zero-order valence-electron chi connectivity index (χ0n) is 17.7. The van der Waals surface area contributed by atoms with Crippen molar-refractivity contribution in [1.82, 2.24) is 0 Å². The molecule has 2 heterocycles. The highest BCUT2D eigenvalue weighted by Crippen LogP contribution is 2.36. The van der Waals surface area contributed by atoms with Crippen LogP contribution in [0.1, 0.15) is 20.7 Å². The highest BCUT2D eigenvalue weighted by molar-refractivity contribution is 6.43. The summed E-state index contributed by atoms with van der Waals surface area (Å²) in [5.41, 5.74) is -1.67. The normalized spacial score (nSPS) is 23.2. The van der Waals surface area contributed by atoms with Gasteiger partial charge in [0.2, 0.25) is 0 Å². The number of rotatable bonds is 7. The van der Waals surface area contributed by atoms with Crippen LogP contribution < -0.4 is 0 Å². The third kappa shape index (κ3) is 4.00. The number of nitro benzene ring substituents is 2. The SMILES string of the molecule is O=C1O[C@@H]([C@H]2OC(=O)C(=O)[C@H]2C(=O)c2cccc([N+](=O)[O-])c2)[C@H](C(=O)c2cccc([N+](=O)[O-])c2)C1=O. The van der Waals surface area contributed by atoms with E-state index in [1.54, 1.807) is 0 Å². The van der Waals surface area contributed by atoms with Gasteiger partial charge in [0.05, 0.1) is 9.85 Å². The van der Waals surface area contributed by atoms with Crippen LogP contribution in [0.4, 0.5) is 11.4 Å². The number of carbonyl (C=O) groups excluding carboxylic acids is 6. The van der Waals surface area contributed by atoms with Gasteiger partial charge in [-0.3, -0.25) is 39.4 Å². The average Bonchev–Trinajstić information content (AvgIpc) is 3.32. The lowest BCUT2D eigenvalue weighted by molar-refractivity contribution is -0.385. The van der Waals surface area contributed by atoms with Gasteiger partial charge in [-0.05, 0) is 0 Å². The maximum absolute atomic E-state index is 13.1. The minimum Gasteiger partial charge on any atom is -0.451 e. The first-order valence-electron chi connectivity index (χ1n) is 10.1. The van der Waals surface area contributed by atoms with Gasteiger partial charge in [0, 0.05) is 35.4 Å². The van der Waals surface area contributed by atoms with Gasteiger partial charge in [-0.15, -0.1) is 0 Å². The number of cyclic esters (lactones) is 2. The number of nitrogens with zero attached hydrogens (tertiary/aromatic N) is 2. The van der Waals surface area contributed by atoms with E-state index in [4.69, 9.17) is 9.47 Å². The summed E-state index contributed by atoms with van der Waals surface area (Å²) in [6.07, 6.45) is -3.81. The summed E-state index contributed by atoms with van der Waals surface area (Å²) in [4.78, 5) is 95.9. The minimum absolute atomic E-state index is 0.344. The zero-order chi connectivity index (χ0) is 26.3. The van der Waals surface area contributed by atoms with Crippen molar-refractivity contribution in [2.24, 2.45) is 11.8 Å². The smallest absolute Gasteiger partial charge is 0.376 e. The quantitative estimate of drug-likeness (QED) is 0.130. The molecule has 0 radical (unpaired) electrons. The Morgan fingerprint density at radius 1 is 0.667 bits per heavy atom. The molecule has 14 nitrogen and oxygen atoms in total. The van der Waals surface area contributed by atoms with Crippen LogP contribution in [-0.4, -0.2) is 57.1 Å². The molecule has 0 saturated carbocycles. The van der Waals surface area contributed by atoms with E-state index in [0.717, 1.165) is 48.5 Å². The fraction of sp³-hybridized carbons (Fsp3) is 0.182. The van der Waals surface area contributed by atoms with E-state index in [0.29, 0.717) is 0 Å². The minimum atomic E-state index is -1.98. The van der Waals surface area contributed by atoms with Crippen LogP contribution in [0.5, 0.6) is 0 Å². The second kappa shape index (κ2) is 8.90. The van der Waals surface area contributed by atoms with Gasteiger partial charge in [-0.1, -0.05) is 24.3 Å². The monoisotopic (exact) mass is 496 g/mol. The molecule has 0 amide bonds. The Morgan fingerprint density at radius 2 is 1.03 bits per heavy atom. The fourth-order valence-corrected chi connectivity index (χ4v) is 4.01. The van der Waals surface area contributed by atoms with Crippen molar-refractivity contribution in [2.75, 3.05) is 0 Å². The van der Waals surface area contributed by atoms with Crippen molar-refractivity contribution >= 4 is 46.4 Å². The second-order valence-electron chi connectivity index (χ2n) is 7.77. The van der Waals surface area contributed by atoms with Gasteiger partial charge in [-0.2, -0.15) is 0 Å². The maximum Gasteiger partial charge on any atom is 0.376 e. The van der Waals surface area contributed by atoms with Crippen LogP contribution >= 0.6 is 0 Å². The Hall–Kier alpha value is -5.14. The largest absolute Gasteiger partial charge is 0.451 e. The number of non-ortho nitro benzene ring substituents is 2. The van der Waals surface area contributed by atoms with Crippen LogP contribution in [0.2, 0.25) is 0 Å². The van der Waals surface area contributed by atoms with Crippen LogP contribution in [0.25, 0.3) is 0 Å². The van der Waals surface area contributed by atoms with Crippen molar-refractivity contribution in [3.8, 4) is 0 Å². The van der Waals surface area contributed by atoms with E-state index < -0.39 is 80.3 Å². The van der Waals surface area contributed by atoms with Crippen LogP contribution in [0.15, 0.2) is 48.5 Å². The Labute approximate surface area is 199 Å². The molecule has 0 spiro atoms. The van der Waals surface area contributed by atoms with E-state index in [-0.39, 0.29) is 11.1 Å².